The topological polar surface area (TPSA) is 38.9 Å². The predicted molar refractivity (Wildman–Crippen MR) is 44.5 cm³/mol. The average Bonchev–Trinajstić information content (AvgIpc) is 2.58. The zero-order chi connectivity index (χ0) is 8.39. The molecule has 0 aliphatic carbocycles. The molecule has 12 heavy (non-hydrogen) atoms. The molecule has 2 rings (SSSR count). The third-order valence-electron chi connectivity index (χ3n) is 1.52. The molecule has 0 N–H and O–H groups in total. The third-order valence-corrected chi connectivity index (χ3v) is 1.52. The van der Waals surface area contributed by atoms with Gasteiger partial charge in [0.25, 0.3) is 0 Å². The molecule has 3 nitrogen and oxygen atoms in total. The van der Waals surface area contributed by atoms with Crippen LogP contribution in [-0.2, 0) is 0 Å². The van der Waals surface area contributed by atoms with E-state index < -0.39 is 0 Å². The van der Waals surface area contributed by atoms with Gasteiger partial charge < -0.3 is 4.42 Å². The molecule has 0 saturated heterocycles. The molecule has 0 spiro atoms. The summed E-state index contributed by atoms with van der Waals surface area (Å²) in [6.45, 7) is 1.95. The second kappa shape index (κ2) is 2.77. The van der Waals surface area contributed by atoms with Gasteiger partial charge in [-0.25, -0.2) is 9.97 Å². The molecule has 2 aromatic rings. The highest BCUT2D eigenvalue weighted by Gasteiger charge is 2.01. The Balaban J connectivity index is 2.43. The number of aryl methyl sites for hydroxylation is 1. The quantitative estimate of drug-likeness (QED) is 0.640. The van der Waals surface area contributed by atoms with E-state index in [1.807, 2.05) is 19.1 Å². The van der Waals surface area contributed by atoms with E-state index >= 15 is 0 Å². The molecule has 3 heteroatoms. The van der Waals surface area contributed by atoms with Crippen LogP contribution < -0.4 is 0 Å². The van der Waals surface area contributed by atoms with Gasteiger partial charge in [0.05, 0.1) is 6.26 Å². The molecule has 0 saturated carbocycles. The Hall–Kier alpha value is -1.64. The molecule has 0 fully saturated rings. The van der Waals surface area contributed by atoms with Crippen molar-refractivity contribution in [2.45, 2.75) is 6.92 Å². The molecular formula is C9H8N2O. The number of hydrogen-bond donors (Lipinski definition) is 0. The van der Waals surface area contributed by atoms with Crippen LogP contribution in [0, 0.1) is 6.92 Å². The van der Waals surface area contributed by atoms with Gasteiger partial charge in [-0.15, -0.1) is 0 Å². The van der Waals surface area contributed by atoms with Crippen LogP contribution >= 0.6 is 0 Å². The lowest BCUT2D eigenvalue weighted by atomic mass is 10.3. The minimum atomic E-state index is 0.630. The first-order valence-electron chi connectivity index (χ1n) is 3.69. The molecule has 0 atom stereocenters. The highest BCUT2D eigenvalue weighted by atomic mass is 16.3. The van der Waals surface area contributed by atoms with Crippen LogP contribution in [0.4, 0.5) is 0 Å². The van der Waals surface area contributed by atoms with Crippen LogP contribution in [0.1, 0.15) is 5.56 Å². The van der Waals surface area contributed by atoms with Gasteiger partial charge in [-0.05, 0) is 24.6 Å². The summed E-state index contributed by atoms with van der Waals surface area (Å²) < 4.78 is 5.13. The van der Waals surface area contributed by atoms with Gasteiger partial charge in [0.2, 0.25) is 0 Å². The minimum absolute atomic E-state index is 0.630. The molecule has 0 aliphatic rings. The number of aromatic nitrogens is 2. The van der Waals surface area contributed by atoms with Crippen molar-refractivity contribution in [2.24, 2.45) is 0 Å². The molecule has 0 radical (unpaired) electrons. The fourth-order valence-corrected chi connectivity index (χ4v) is 0.926. The largest absolute Gasteiger partial charge is 0.461 e. The Morgan fingerprint density at radius 2 is 2.00 bits per heavy atom. The maximum Gasteiger partial charge on any atom is 0.195 e. The molecule has 0 bridgehead atoms. The summed E-state index contributed by atoms with van der Waals surface area (Å²) >= 11 is 0. The highest BCUT2D eigenvalue weighted by molar-refractivity contribution is 5.45. The lowest BCUT2D eigenvalue weighted by molar-refractivity contribution is 0.577. The molecule has 2 aromatic heterocycles. The Morgan fingerprint density at radius 3 is 2.58 bits per heavy atom. The van der Waals surface area contributed by atoms with Gasteiger partial charge in [-0.2, -0.15) is 0 Å². The summed E-state index contributed by atoms with van der Waals surface area (Å²) in [6, 6.07) is 3.66. The molecule has 60 valence electrons. The average molecular weight is 160 g/mol. The Kier molecular flexibility index (Phi) is 1.63. The first-order chi connectivity index (χ1) is 5.86. The van der Waals surface area contributed by atoms with Crippen LogP contribution in [0.15, 0.2) is 35.2 Å². The second-order valence-electron chi connectivity index (χ2n) is 2.56. The lowest BCUT2D eigenvalue weighted by Crippen LogP contribution is -1.86. The monoisotopic (exact) mass is 160 g/mol. The molecule has 0 unspecified atom stereocenters. The van der Waals surface area contributed by atoms with Crippen molar-refractivity contribution in [1.29, 1.82) is 0 Å². The number of hydrogen-bond acceptors (Lipinski definition) is 3. The van der Waals surface area contributed by atoms with E-state index in [0.717, 1.165) is 5.56 Å². The van der Waals surface area contributed by atoms with Gasteiger partial charge in [0.1, 0.15) is 0 Å². The fourth-order valence-electron chi connectivity index (χ4n) is 0.926. The summed E-state index contributed by atoms with van der Waals surface area (Å²) in [6.07, 6.45) is 5.15. The van der Waals surface area contributed by atoms with Crippen molar-refractivity contribution >= 4 is 0 Å². The zero-order valence-corrected chi connectivity index (χ0v) is 6.69. The van der Waals surface area contributed by atoms with Gasteiger partial charge in [-0.3, -0.25) is 0 Å². The van der Waals surface area contributed by atoms with E-state index in [9.17, 15) is 0 Å². The molecule has 0 amide bonds. The van der Waals surface area contributed by atoms with Crippen LogP contribution in [0.5, 0.6) is 0 Å². The predicted octanol–water partition coefficient (Wildman–Crippen LogP) is 2.05. The van der Waals surface area contributed by atoms with Crippen LogP contribution in [0.3, 0.4) is 0 Å². The van der Waals surface area contributed by atoms with Gasteiger partial charge in [0.15, 0.2) is 11.6 Å². The summed E-state index contributed by atoms with van der Waals surface area (Å²) in [5, 5.41) is 0. The first kappa shape index (κ1) is 7.03. The van der Waals surface area contributed by atoms with Gasteiger partial charge in [0, 0.05) is 12.4 Å². The Bertz CT molecular complexity index is 351. The summed E-state index contributed by atoms with van der Waals surface area (Å²) in [7, 11) is 0. The highest BCUT2D eigenvalue weighted by Crippen LogP contribution is 2.13. The van der Waals surface area contributed by atoms with E-state index in [1.54, 1.807) is 18.7 Å². The molecule has 2 heterocycles. The minimum Gasteiger partial charge on any atom is -0.461 e. The number of rotatable bonds is 1. The third kappa shape index (κ3) is 1.21. The van der Waals surface area contributed by atoms with E-state index in [0.29, 0.717) is 11.6 Å². The zero-order valence-electron chi connectivity index (χ0n) is 6.69. The molecule has 0 aliphatic heterocycles. The maximum atomic E-state index is 5.13. The number of nitrogens with zero attached hydrogens (tertiary/aromatic N) is 2. The van der Waals surface area contributed by atoms with E-state index in [-0.39, 0.29) is 0 Å². The van der Waals surface area contributed by atoms with Crippen molar-refractivity contribution < 1.29 is 4.42 Å². The van der Waals surface area contributed by atoms with Crippen LogP contribution in [0.2, 0.25) is 0 Å². The summed E-state index contributed by atoms with van der Waals surface area (Å²) in [5.74, 6) is 1.33. The first-order valence-corrected chi connectivity index (χ1v) is 3.69. The Morgan fingerprint density at radius 1 is 1.25 bits per heavy atom. The van der Waals surface area contributed by atoms with Gasteiger partial charge in [-0.1, -0.05) is 0 Å². The standard InChI is InChI=1S/C9H8N2O/c1-7-5-10-9(11-6-7)8-3-2-4-12-8/h2-6H,1H3. The summed E-state index contributed by atoms with van der Waals surface area (Å²) in [5.41, 5.74) is 1.05. The van der Waals surface area contributed by atoms with E-state index in [1.165, 1.54) is 0 Å². The maximum absolute atomic E-state index is 5.13. The van der Waals surface area contributed by atoms with Gasteiger partial charge >= 0.3 is 0 Å². The van der Waals surface area contributed by atoms with Crippen molar-refractivity contribution in [3.8, 4) is 11.6 Å². The van der Waals surface area contributed by atoms with Crippen LogP contribution in [0.25, 0.3) is 11.6 Å². The van der Waals surface area contributed by atoms with E-state index in [2.05, 4.69) is 9.97 Å². The number of furan rings is 1. The van der Waals surface area contributed by atoms with Crippen molar-refractivity contribution in [3.63, 3.8) is 0 Å². The van der Waals surface area contributed by atoms with Crippen molar-refractivity contribution in [2.75, 3.05) is 0 Å². The van der Waals surface area contributed by atoms with E-state index in [4.69, 9.17) is 4.42 Å². The van der Waals surface area contributed by atoms with Crippen molar-refractivity contribution in [1.82, 2.24) is 9.97 Å². The Labute approximate surface area is 70.1 Å². The molecule has 0 aromatic carbocycles. The molecular weight excluding hydrogens is 152 g/mol. The van der Waals surface area contributed by atoms with Crippen molar-refractivity contribution in [3.05, 3.63) is 36.4 Å². The van der Waals surface area contributed by atoms with Crippen LogP contribution in [-0.4, -0.2) is 9.97 Å². The normalized spacial score (nSPS) is 10.1. The fraction of sp³-hybridized carbons (Fsp3) is 0.111. The summed E-state index contributed by atoms with van der Waals surface area (Å²) in [4.78, 5) is 8.23. The smallest absolute Gasteiger partial charge is 0.195 e. The SMILES string of the molecule is Cc1cnc(-c2ccco2)nc1. The second-order valence-corrected chi connectivity index (χ2v) is 2.56. The lowest BCUT2D eigenvalue weighted by Gasteiger charge is -1.94.